The molecule has 0 aliphatic carbocycles. The number of halogens is 1. The van der Waals surface area contributed by atoms with Crippen molar-refractivity contribution in [1.82, 2.24) is 5.32 Å². The molecule has 3 nitrogen and oxygen atoms in total. The Labute approximate surface area is 113 Å². The van der Waals surface area contributed by atoms with Crippen LogP contribution in [0.2, 0.25) is 5.02 Å². The van der Waals surface area contributed by atoms with Gasteiger partial charge in [-0.05, 0) is 44.4 Å². The van der Waals surface area contributed by atoms with Gasteiger partial charge in [-0.3, -0.25) is 4.79 Å². The minimum atomic E-state index is -0.388. The lowest BCUT2D eigenvalue weighted by atomic mass is 9.94. The molecule has 100 valence electrons. The average Bonchev–Trinajstić information content (AvgIpc) is 2.32. The van der Waals surface area contributed by atoms with E-state index in [1.165, 1.54) is 0 Å². The molecular weight excluding hydrogens is 250 g/mol. The van der Waals surface area contributed by atoms with Crippen molar-refractivity contribution in [2.24, 2.45) is 0 Å². The first-order valence-electron chi connectivity index (χ1n) is 6.12. The maximum absolute atomic E-state index is 12.2. The number of carbonyl (C=O) groups excluding carboxylic acids is 1. The van der Waals surface area contributed by atoms with Crippen LogP contribution in [0.25, 0.3) is 0 Å². The molecule has 4 heteroatoms. The maximum atomic E-state index is 12.2. The first-order chi connectivity index (χ1) is 8.43. The summed E-state index contributed by atoms with van der Waals surface area (Å²) in [6.45, 7) is 5.80. The number of hydrogen-bond donors (Lipinski definition) is 2. The molecule has 0 saturated heterocycles. The minimum absolute atomic E-state index is 0.0547. The van der Waals surface area contributed by atoms with E-state index in [1.807, 2.05) is 20.8 Å². The number of carbonyl (C=O) groups is 1. The molecule has 1 amide bonds. The fourth-order valence-electron chi connectivity index (χ4n) is 1.77. The molecule has 0 aliphatic heterocycles. The first kappa shape index (κ1) is 15.0. The van der Waals surface area contributed by atoms with Crippen molar-refractivity contribution in [2.75, 3.05) is 6.61 Å². The first-order valence-corrected chi connectivity index (χ1v) is 6.50. The third kappa shape index (κ3) is 3.47. The predicted octanol–water partition coefficient (Wildman–Crippen LogP) is 2.93. The molecule has 0 aliphatic rings. The van der Waals surface area contributed by atoms with Gasteiger partial charge in [-0.25, -0.2) is 0 Å². The molecule has 0 aromatic heterocycles. The summed E-state index contributed by atoms with van der Waals surface area (Å²) in [7, 11) is 0. The van der Waals surface area contributed by atoms with E-state index in [4.69, 9.17) is 16.7 Å². The van der Waals surface area contributed by atoms with Gasteiger partial charge in [0.2, 0.25) is 0 Å². The van der Waals surface area contributed by atoms with E-state index >= 15 is 0 Å². The van der Waals surface area contributed by atoms with Gasteiger partial charge in [-0.15, -0.1) is 0 Å². The predicted molar refractivity (Wildman–Crippen MR) is 74.1 cm³/mol. The highest BCUT2D eigenvalue weighted by Gasteiger charge is 2.25. The zero-order valence-corrected chi connectivity index (χ0v) is 11.8. The number of aliphatic hydroxyl groups excluding tert-OH is 1. The number of hydrogen-bond acceptors (Lipinski definition) is 2. The highest BCUT2D eigenvalue weighted by atomic mass is 35.5. The molecule has 0 heterocycles. The second-order valence-electron chi connectivity index (χ2n) is 4.75. The topological polar surface area (TPSA) is 49.3 Å². The van der Waals surface area contributed by atoms with E-state index < -0.39 is 0 Å². The Hall–Kier alpha value is -1.06. The van der Waals surface area contributed by atoms with Crippen molar-refractivity contribution in [1.29, 1.82) is 0 Å². The lowest BCUT2D eigenvalue weighted by molar-refractivity contribution is 0.0885. The number of rotatable bonds is 5. The lowest BCUT2D eigenvalue weighted by Gasteiger charge is -2.29. The summed E-state index contributed by atoms with van der Waals surface area (Å²) in [5, 5.41) is 12.6. The van der Waals surface area contributed by atoms with Crippen molar-refractivity contribution in [3.63, 3.8) is 0 Å². The van der Waals surface area contributed by atoms with E-state index in [-0.39, 0.29) is 18.1 Å². The Morgan fingerprint density at radius 1 is 1.50 bits per heavy atom. The molecule has 0 fully saturated rings. The molecular formula is C14H20ClNO2. The fourth-order valence-corrected chi connectivity index (χ4v) is 1.94. The van der Waals surface area contributed by atoms with Gasteiger partial charge in [0.1, 0.15) is 0 Å². The Bertz CT molecular complexity index is 434. The van der Waals surface area contributed by atoms with Crippen LogP contribution in [-0.4, -0.2) is 23.2 Å². The summed E-state index contributed by atoms with van der Waals surface area (Å²) in [5.41, 5.74) is 0.972. The SMILES string of the molecule is CCC(C)(CCO)NC(=O)c1cccc(Cl)c1C. The zero-order valence-electron chi connectivity index (χ0n) is 11.1. The Morgan fingerprint density at radius 2 is 2.17 bits per heavy atom. The molecule has 18 heavy (non-hydrogen) atoms. The summed E-state index contributed by atoms with van der Waals surface area (Å²) in [6, 6.07) is 5.28. The molecule has 0 spiro atoms. The van der Waals surface area contributed by atoms with Crippen molar-refractivity contribution < 1.29 is 9.90 Å². The average molecular weight is 270 g/mol. The summed E-state index contributed by atoms with van der Waals surface area (Å²) in [4.78, 5) is 12.2. The van der Waals surface area contributed by atoms with Crippen LogP contribution in [-0.2, 0) is 0 Å². The number of nitrogens with one attached hydrogen (secondary N) is 1. The number of amides is 1. The summed E-state index contributed by atoms with van der Waals surface area (Å²) in [5.74, 6) is -0.146. The highest BCUT2D eigenvalue weighted by Crippen LogP contribution is 2.20. The second-order valence-corrected chi connectivity index (χ2v) is 5.16. The molecule has 1 rings (SSSR count). The van der Waals surface area contributed by atoms with E-state index in [0.29, 0.717) is 17.0 Å². The standard InChI is InChI=1S/C14H20ClNO2/c1-4-14(3,8-9-17)16-13(18)11-6-5-7-12(15)10(11)2/h5-7,17H,4,8-9H2,1-3H3,(H,16,18). The van der Waals surface area contributed by atoms with Crippen LogP contribution in [0.15, 0.2) is 18.2 Å². The smallest absolute Gasteiger partial charge is 0.252 e. The molecule has 1 unspecified atom stereocenters. The molecule has 1 aromatic carbocycles. The zero-order chi connectivity index (χ0) is 13.8. The van der Waals surface area contributed by atoms with Crippen molar-refractivity contribution in [2.45, 2.75) is 39.2 Å². The van der Waals surface area contributed by atoms with Crippen LogP contribution in [0, 0.1) is 6.92 Å². The van der Waals surface area contributed by atoms with Crippen molar-refractivity contribution in [3.05, 3.63) is 34.3 Å². The molecule has 1 aromatic rings. The third-order valence-electron chi connectivity index (χ3n) is 3.37. The van der Waals surface area contributed by atoms with Gasteiger partial charge in [-0.2, -0.15) is 0 Å². The Morgan fingerprint density at radius 3 is 2.72 bits per heavy atom. The van der Waals surface area contributed by atoms with E-state index in [0.717, 1.165) is 12.0 Å². The number of aliphatic hydroxyl groups is 1. The van der Waals surface area contributed by atoms with Crippen LogP contribution >= 0.6 is 11.6 Å². The summed E-state index contributed by atoms with van der Waals surface area (Å²) in [6.07, 6.45) is 1.30. The highest BCUT2D eigenvalue weighted by molar-refractivity contribution is 6.31. The van der Waals surface area contributed by atoms with Gasteiger partial charge in [0.25, 0.3) is 5.91 Å². The second kappa shape index (κ2) is 6.21. The van der Waals surface area contributed by atoms with Gasteiger partial charge < -0.3 is 10.4 Å². The van der Waals surface area contributed by atoms with Gasteiger partial charge in [0.15, 0.2) is 0 Å². The molecule has 0 saturated carbocycles. The van der Waals surface area contributed by atoms with E-state index in [2.05, 4.69) is 5.32 Å². The monoisotopic (exact) mass is 269 g/mol. The van der Waals surface area contributed by atoms with Gasteiger partial charge >= 0.3 is 0 Å². The van der Waals surface area contributed by atoms with Gasteiger partial charge in [-0.1, -0.05) is 24.6 Å². The third-order valence-corrected chi connectivity index (χ3v) is 3.78. The number of benzene rings is 1. The van der Waals surface area contributed by atoms with Crippen LogP contribution in [0.5, 0.6) is 0 Å². The summed E-state index contributed by atoms with van der Waals surface area (Å²) < 4.78 is 0. The van der Waals surface area contributed by atoms with Gasteiger partial charge in [0.05, 0.1) is 0 Å². The van der Waals surface area contributed by atoms with Crippen LogP contribution in [0.3, 0.4) is 0 Å². The lowest BCUT2D eigenvalue weighted by Crippen LogP contribution is -2.46. The summed E-state index contributed by atoms with van der Waals surface area (Å²) >= 11 is 6.00. The molecule has 1 atom stereocenters. The normalized spacial score (nSPS) is 14.1. The van der Waals surface area contributed by atoms with E-state index in [1.54, 1.807) is 18.2 Å². The van der Waals surface area contributed by atoms with Crippen LogP contribution < -0.4 is 5.32 Å². The van der Waals surface area contributed by atoms with Crippen LogP contribution in [0.1, 0.15) is 42.6 Å². The minimum Gasteiger partial charge on any atom is -0.396 e. The Kier molecular flexibility index (Phi) is 5.17. The van der Waals surface area contributed by atoms with Crippen LogP contribution in [0.4, 0.5) is 0 Å². The molecule has 2 N–H and O–H groups in total. The van der Waals surface area contributed by atoms with Crippen molar-refractivity contribution >= 4 is 17.5 Å². The van der Waals surface area contributed by atoms with E-state index in [9.17, 15) is 4.79 Å². The van der Waals surface area contributed by atoms with Gasteiger partial charge in [0, 0.05) is 22.7 Å². The molecule has 0 radical (unpaired) electrons. The quantitative estimate of drug-likeness (QED) is 0.863. The van der Waals surface area contributed by atoms with Crippen molar-refractivity contribution in [3.8, 4) is 0 Å². The molecule has 0 bridgehead atoms. The largest absolute Gasteiger partial charge is 0.396 e. The Balaban J connectivity index is 2.91. The fraction of sp³-hybridized carbons (Fsp3) is 0.500. The maximum Gasteiger partial charge on any atom is 0.252 e.